The van der Waals surface area contributed by atoms with Crippen LogP contribution < -0.4 is 0 Å². The number of hydrogen-bond acceptors (Lipinski definition) is 4. The van der Waals surface area contributed by atoms with Gasteiger partial charge in [0, 0.05) is 34.9 Å². The lowest BCUT2D eigenvalue weighted by Gasteiger charge is -2.10. The third-order valence-corrected chi connectivity index (χ3v) is 5.35. The monoisotopic (exact) mass is 380 g/mol. The Balaban J connectivity index is 1.75. The summed E-state index contributed by atoms with van der Waals surface area (Å²) in [5.41, 5.74) is 6.96. The van der Waals surface area contributed by atoms with Crippen LogP contribution in [-0.4, -0.2) is 21.5 Å². The summed E-state index contributed by atoms with van der Waals surface area (Å²) in [6, 6.07) is 12.1. The van der Waals surface area contributed by atoms with E-state index in [4.69, 9.17) is 9.52 Å². The van der Waals surface area contributed by atoms with Gasteiger partial charge in [-0.2, -0.15) is 5.10 Å². The van der Waals surface area contributed by atoms with E-state index in [0.29, 0.717) is 0 Å². The van der Waals surface area contributed by atoms with Crippen molar-refractivity contribution in [2.45, 2.75) is 19.4 Å². The highest BCUT2D eigenvalue weighted by Gasteiger charge is 2.25. The minimum Gasteiger partial charge on any atom is -0.464 e. The first-order chi connectivity index (χ1) is 14.3. The summed E-state index contributed by atoms with van der Waals surface area (Å²) in [7, 11) is 0. The van der Waals surface area contributed by atoms with Gasteiger partial charge >= 0.3 is 0 Å². The maximum Gasteiger partial charge on any atom is 0.133 e. The van der Waals surface area contributed by atoms with Gasteiger partial charge < -0.3 is 4.42 Å². The zero-order valence-corrected chi connectivity index (χ0v) is 16.0. The molecule has 0 bridgehead atoms. The molecule has 0 radical (unpaired) electrons. The molecule has 4 aromatic rings. The van der Waals surface area contributed by atoms with Gasteiger partial charge in [0.25, 0.3) is 0 Å². The number of hydrogen-bond donors (Lipinski definition) is 0. The predicted molar refractivity (Wildman–Crippen MR) is 117 cm³/mol. The second-order valence-electron chi connectivity index (χ2n) is 7.01. The highest BCUT2D eigenvalue weighted by atomic mass is 16.3. The van der Waals surface area contributed by atoms with Crippen LogP contribution in [0, 0.1) is 0 Å². The molecular weight excluding hydrogens is 360 g/mol. The summed E-state index contributed by atoms with van der Waals surface area (Å²) >= 11 is 0. The SMILES string of the molecule is C=C/C=C(\N=C)c1nn2c(c1-c1ccnc3cc(-c4ccco4)ccc13)CCC2. The standard InChI is InChI=1S/C24H20N4O/c1-3-6-19(25-2)24-23(21-7-4-13-28(21)27-24)18-11-12-26-20-15-16(9-10-17(18)20)22-8-5-14-29-22/h3,5-6,8-12,14-15H,1-2,4,7,13H2/b19-6-. The average Bonchev–Trinajstić information content (AvgIpc) is 3.48. The second kappa shape index (κ2) is 7.02. The van der Waals surface area contributed by atoms with E-state index in [1.54, 1.807) is 12.3 Å². The lowest BCUT2D eigenvalue weighted by atomic mass is 9.96. The molecule has 4 heterocycles. The minimum absolute atomic E-state index is 0.731. The van der Waals surface area contributed by atoms with Gasteiger partial charge in [0.15, 0.2) is 0 Å². The van der Waals surface area contributed by atoms with Crippen molar-refractivity contribution >= 4 is 23.3 Å². The Bertz CT molecular complexity index is 1260. The number of aryl methyl sites for hydroxylation is 1. The summed E-state index contributed by atoms with van der Waals surface area (Å²) in [5.74, 6) is 0.832. The van der Waals surface area contributed by atoms with Crippen molar-refractivity contribution in [3.8, 4) is 22.5 Å². The highest BCUT2D eigenvalue weighted by Crippen LogP contribution is 2.39. The van der Waals surface area contributed by atoms with E-state index in [2.05, 4.69) is 52.2 Å². The van der Waals surface area contributed by atoms with Crippen LogP contribution >= 0.6 is 0 Å². The first kappa shape index (κ1) is 17.4. The van der Waals surface area contributed by atoms with Gasteiger partial charge in [0.1, 0.15) is 11.5 Å². The topological polar surface area (TPSA) is 56.2 Å². The summed E-state index contributed by atoms with van der Waals surface area (Å²) in [5, 5.41) is 5.93. The molecule has 0 spiro atoms. The Kier molecular flexibility index (Phi) is 4.21. The average molecular weight is 380 g/mol. The number of allylic oxidation sites excluding steroid dienone is 2. The van der Waals surface area contributed by atoms with Crippen molar-refractivity contribution in [2.24, 2.45) is 4.99 Å². The molecule has 0 fully saturated rings. The molecule has 0 saturated carbocycles. The van der Waals surface area contributed by atoms with E-state index < -0.39 is 0 Å². The van der Waals surface area contributed by atoms with Gasteiger partial charge in [-0.05, 0) is 55.5 Å². The first-order valence-electron chi connectivity index (χ1n) is 9.62. The summed E-state index contributed by atoms with van der Waals surface area (Å²) in [4.78, 5) is 8.82. The second-order valence-corrected chi connectivity index (χ2v) is 7.01. The van der Waals surface area contributed by atoms with Crippen molar-refractivity contribution in [3.05, 3.63) is 79.0 Å². The molecule has 29 heavy (non-hydrogen) atoms. The summed E-state index contributed by atoms with van der Waals surface area (Å²) in [6.07, 6.45) is 9.20. The molecule has 5 heteroatoms. The van der Waals surface area contributed by atoms with E-state index in [0.717, 1.165) is 64.1 Å². The molecule has 0 N–H and O–H groups in total. The normalized spacial score (nSPS) is 13.6. The van der Waals surface area contributed by atoms with Crippen molar-refractivity contribution in [3.63, 3.8) is 0 Å². The fourth-order valence-corrected chi connectivity index (χ4v) is 4.07. The maximum atomic E-state index is 5.55. The lowest BCUT2D eigenvalue weighted by molar-refractivity contribution is 0.582. The van der Waals surface area contributed by atoms with Gasteiger partial charge in [-0.15, -0.1) is 0 Å². The van der Waals surface area contributed by atoms with E-state index in [1.807, 2.05) is 24.4 Å². The third kappa shape index (κ3) is 2.83. The molecule has 0 saturated heterocycles. The molecule has 1 aliphatic rings. The third-order valence-electron chi connectivity index (χ3n) is 5.35. The van der Waals surface area contributed by atoms with Crippen LogP contribution in [0.25, 0.3) is 39.1 Å². The number of benzene rings is 1. The fraction of sp³-hybridized carbons (Fsp3) is 0.125. The van der Waals surface area contributed by atoms with Crippen LogP contribution in [-0.2, 0) is 13.0 Å². The van der Waals surface area contributed by atoms with E-state index in [9.17, 15) is 0 Å². The first-order valence-corrected chi connectivity index (χ1v) is 9.62. The van der Waals surface area contributed by atoms with Gasteiger partial charge in [0.2, 0.25) is 0 Å². The molecule has 3 aromatic heterocycles. The van der Waals surface area contributed by atoms with E-state index in [1.165, 1.54) is 5.69 Å². The minimum atomic E-state index is 0.731. The Morgan fingerprint density at radius 2 is 2.17 bits per heavy atom. The van der Waals surface area contributed by atoms with Crippen LogP contribution in [0.1, 0.15) is 17.8 Å². The fourth-order valence-electron chi connectivity index (χ4n) is 4.07. The van der Waals surface area contributed by atoms with Crippen LogP contribution in [0.2, 0.25) is 0 Å². The number of nitrogens with zero attached hydrogens (tertiary/aromatic N) is 4. The van der Waals surface area contributed by atoms with Crippen molar-refractivity contribution in [1.29, 1.82) is 0 Å². The van der Waals surface area contributed by atoms with Gasteiger partial charge in [-0.25, -0.2) is 0 Å². The van der Waals surface area contributed by atoms with Gasteiger partial charge in [-0.3, -0.25) is 14.7 Å². The van der Waals surface area contributed by atoms with E-state index in [-0.39, 0.29) is 0 Å². The quantitative estimate of drug-likeness (QED) is 0.338. The highest BCUT2D eigenvalue weighted by molar-refractivity contribution is 5.99. The van der Waals surface area contributed by atoms with Crippen molar-refractivity contribution in [1.82, 2.24) is 14.8 Å². The van der Waals surface area contributed by atoms with E-state index >= 15 is 0 Å². The largest absolute Gasteiger partial charge is 0.464 e. The van der Waals surface area contributed by atoms with Crippen LogP contribution in [0.3, 0.4) is 0 Å². The molecule has 0 amide bonds. The van der Waals surface area contributed by atoms with Gasteiger partial charge in [-0.1, -0.05) is 24.8 Å². The van der Waals surface area contributed by atoms with Crippen molar-refractivity contribution < 1.29 is 4.42 Å². The number of aromatic nitrogens is 3. The maximum absolute atomic E-state index is 5.55. The Labute approximate surface area is 168 Å². The van der Waals surface area contributed by atoms with Gasteiger partial charge in [0.05, 0.1) is 17.5 Å². The Morgan fingerprint density at radius 1 is 1.24 bits per heavy atom. The van der Waals surface area contributed by atoms with Crippen LogP contribution in [0.15, 0.2) is 77.0 Å². The number of rotatable bonds is 5. The van der Waals surface area contributed by atoms with Crippen molar-refractivity contribution in [2.75, 3.05) is 0 Å². The predicted octanol–water partition coefficient (Wildman–Crippen LogP) is 5.53. The molecule has 5 nitrogen and oxygen atoms in total. The number of aliphatic imine (C=N–C) groups is 1. The molecule has 1 aromatic carbocycles. The molecule has 0 unspecified atom stereocenters. The molecule has 0 atom stereocenters. The Morgan fingerprint density at radius 3 is 2.97 bits per heavy atom. The molecular formula is C24H20N4O. The number of fused-ring (bicyclic) bond motifs is 2. The zero-order valence-electron chi connectivity index (χ0n) is 16.0. The summed E-state index contributed by atoms with van der Waals surface area (Å²) < 4.78 is 7.64. The molecule has 1 aliphatic heterocycles. The zero-order chi connectivity index (χ0) is 19.8. The molecule has 142 valence electrons. The molecule has 5 rings (SSSR count). The smallest absolute Gasteiger partial charge is 0.133 e. The molecule has 0 aliphatic carbocycles. The number of pyridine rings is 1. The Hall–Kier alpha value is -3.73. The summed E-state index contributed by atoms with van der Waals surface area (Å²) in [6.45, 7) is 8.47. The van der Waals surface area contributed by atoms with Crippen LogP contribution in [0.4, 0.5) is 0 Å². The number of furan rings is 1. The van der Waals surface area contributed by atoms with Crippen LogP contribution in [0.5, 0.6) is 0 Å². The lowest BCUT2D eigenvalue weighted by Crippen LogP contribution is -1.95.